The molecule has 84 valence electrons. The Balaban J connectivity index is 2.40. The van der Waals surface area contributed by atoms with E-state index in [4.69, 9.17) is 0 Å². The van der Waals surface area contributed by atoms with Gasteiger partial charge in [0.05, 0.1) is 0 Å². The van der Waals surface area contributed by atoms with E-state index in [2.05, 4.69) is 38.0 Å². The second kappa shape index (κ2) is 5.13. The maximum absolute atomic E-state index is 3.51. The Hall–Kier alpha value is -0.0800. The van der Waals surface area contributed by atoms with E-state index in [0.29, 0.717) is 11.5 Å². The first-order valence-corrected chi connectivity index (χ1v) is 5.98. The van der Waals surface area contributed by atoms with E-state index in [1.807, 2.05) is 0 Å². The molecule has 1 heterocycles. The molecule has 14 heavy (non-hydrogen) atoms. The van der Waals surface area contributed by atoms with Crippen molar-refractivity contribution in [3.8, 4) is 0 Å². The first-order chi connectivity index (χ1) is 6.57. The molecule has 0 aromatic heterocycles. The van der Waals surface area contributed by atoms with Crippen LogP contribution < -0.4 is 5.32 Å². The summed E-state index contributed by atoms with van der Waals surface area (Å²) in [6, 6.07) is 0.716. The molecule has 1 aliphatic heterocycles. The van der Waals surface area contributed by atoms with Crippen LogP contribution >= 0.6 is 0 Å². The summed E-state index contributed by atoms with van der Waals surface area (Å²) in [7, 11) is 2.26. The van der Waals surface area contributed by atoms with Gasteiger partial charge in [-0.25, -0.2) is 0 Å². The van der Waals surface area contributed by atoms with Crippen molar-refractivity contribution in [1.29, 1.82) is 0 Å². The molecule has 1 rings (SSSR count). The molecule has 0 bridgehead atoms. The fraction of sp³-hybridized carbons (Fsp3) is 1.00. The Morgan fingerprint density at radius 3 is 2.71 bits per heavy atom. The highest BCUT2D eigenvalue weighted by atomic mass is 15.1. The normalized spacial score (nSPS) is 30.6. The molecule has 1 fully saturated rings. The topological polar surface area (TPSA) is 15.3 Å². The van der Waals surface area contributed by atoms with E-state index in [-0.39, 0.29) is 0 Å². The summed E-state index contributed by atoms with van der Waals surface area (Å²) in [5.41, 5.74) is 0.496. The van der Waals surface area contributed by atoms with Gasteiger partial charge in [0.15, 0.2) is 0 Å². The zero-order valence-electron chi connectivity index (χ0n) is 10.3. The van der Waals surface area contributed by atoms with Gasteiger partial charge in [-0.1, -0.05) is 13.8 Å². The lowest BCUT2D eigenvalue weighted by Crippen LogP contribution is -2.46. The molecule has 2 nitrogen and oxygen atoms in total. The van der Waals surface area contributed by atoms with Gasteiger partial charge in [0.1, 0.15) is 0 Å². The number of nitrogens with one attached hydrogen (secondary N) is 1. The summed E-state index contributed by atoms with van der Waals surface area (Å²) in [4.78, 5) is 2.51. The predicted octanol–water partition coefficient (Wildman–Crippen LogP) is 2.11. The van der Waals surface area contributed by atoms with E-state index in [1.54, 1.807) is 0 Å². The van der Waals surface area contributed by atoms with Crippen LogP contribution in [0.5, 0.6) is 0 Å². The lowest BCUT2D eigenvalue weighted by atomic mass is 9.82. The highest BCUT2D eigenvalue weighted by Crippen LogP contribution is 2.26. The Morgan fingerprint density at radius 2 is 2.21 bits per heavy atom. The van der Waals surface area contributed by atoms with E-state index in [9.17, 15) is 0 Å². The van der Waals surface area contributed by atoms with Crippen molar-refractivity contribution in [3.05, 3.63) is 0 Å². The monoisotopic (exact) mass is 198 g/mol. The fourth-order valence-electron chi connectivity index (χ4n) is 2.32. The fourth-order valence-corrected chi connectivity index (χ4v) is 2.32. The van der Waals surface area contributed by atoms with Crippen molar-refractivity contribution in [3.63, 3.8) is 0 Å². The molecule has 0 amide bonds. The van der Waals surface area contributed by atoms with Crippen LogP contribution in [0.3, 0.4) is 0 Å². The molecule has 0 aromatic carbocycles. The molecule has 0 spiro atoms. The third-order valence-corrected chi connectivity index (χ3v) is 3.66. The number of piperidine rings is 1. The minimum Gasteiger partial charge on any atom is -0.316 e. The van der Waals surface area contributed by atoms with Gasteiger partial charge in [0, 0.05) is 19.1 Å². The Bertz CT molecular complexity index is 162. The number of nitrogens with zero attached hydrogens (tertiary/aromatic N) is 1. The van der Waals surface area contributed by atoms with Gasteiger partial charge in [0.2, 0.25) is 0 Å². The van der Waals surface area contributed by atoms with Gasteiger partial charge in [-0.2, -0.15) is 0 Å². The third-order valence-electron chi connectivity index (χ3n) is 3.66. The first-order valence-electron chi connectivity index (χ1n) is 5.98. The summed E-state index contributed by atoms with van der Waals surface area (Å²) < 4.78 is 0. The molecular formula is C12H26N2. The average molecular weight is 198 g/mol. The van der Waals surface area contributed by atoms with Gasteiger partial charge in [0.25, 0.3) is 0 Å². The van der Waals surface area contributed by atoms with Crippen LogP contribution in [0.15, 0.2) is 0 Å². The van der Waals surface area contributed by atoms with Crippen LogP contribution in [0.25, 0.3) is 0 Å². The molecule has 2 unspecified atom stereocenters. The van der Waals surface area contributed by atoms with Crippen LogP contribution in [0, 0.1) is 5.41 Å². The molecule has 1 aliphatic rings. The molecule has 1 N–H and O–H groups in total. The predicted molar refractivity (Wildman–Crippen MR) is 62.6 cm³/mol. The lowest BCUT2D eigenvalue weighted by Gasteiger charge is -2.39. The van der Waals surface area contributed by atoms with Crippen LogP contribution in [0.4, 0.5) is 0 Å². The molecule has 0 saturated carbocycles. The number of hydrogen-bond donors (Lipinski definition) is 1. The summed E-state index contributed by atoms with van der Waals surface area (Å²) >= 11 is 0. The van der Waals surface area contributed by atoms with Crippen LogP contribution in [-0.2, 0) is 0 Å². The van der Waals surface area contributed by atoms with Gasteiger partial charge in [-0.3, -0.25) is 0 Å². The highest BCUT2D eigenvalue weighted by molar-refractivity contribution is 4.84. The van der Waals surface area contributed by atoms with Gasteiger partial charge < -0.3 is 10.2 Å². The zero-order valence-corrected chi connectivity index (χ0v) is 10.3. The zero-order chi connectivity index (χ0) is 10.6. The molecule has 0 aromatic rings. The molecule has 2 heteroatoms. The van der Waals surface area contributed by atoms with Crippen molar-refractivity contribution in [2.24, 2.45) is 5.41 Å². The number of hydrogen-bond acceptors (Lipinski definition) is 2. The minimum atomic E-state index is 0.496. The van der Waals surface area contributed by atoms with Crippen molar-refractivity contribution >= 4 is 0 Å². The maximum Gasteiger partial charge on any atom is 0.00614 e. The van der Waals surface area contributed by atoms with E-state index < -0.39 is 0 Å². The first kappa shape index (κ1) is 12.0. The van der Waals surface area contributed by atoms with Gasteiger partial charge in [-0.05, 0) is 45.2 Å². The number of rotatable bonds is 4. The molecule has 2 atom stereocenters. The van der Waals surface area contributed by atoms with Crippen molar-refractivity contribution < 1.29 is 0 Å². The highest BCUT2D eigenvalue weighted by Gasteiger charge is 2.28. The van der Waals surface area contributed by atoms with E-state index in [1.165, 1.54) is 38.9 Å². The van der Waals surface area contributed by atoms with Gasteiger partial charge in [-0.15, -0.1) is 0 Å². The van der Waals surface area contributed by atoms with Gasteiger partial charge >= 0.3 is 0 Å². The molecular weight excluding hydrogens is 172 g/mol. The average Bonchev–Trinajstić information content (AvgIpc) is 2.17. The Kier molecular flexibility index (Phi) is 4.39. The Labute approximate surface area is 89.1 Å². The molecule has 0 aliphatic carbocycles. The van der Waals surface area contributed by atoms with E-state index >= 15 is 0 Å². The largest absolute Gasteiger partial charge is 0.316 e. The second-order valence-electron chi connectivity index (χ2n) is 5.26. The second-order valence-corrected chi connectivity index (χ2v) is 5.26. The SMILES string of the molecule is CCC(C)N(C)CC1(C)CCCNC1. The third kappa shape index (κ3) is 3.25. The Morgan fingerprint density at radius 1 is 1.50 bits per heavy atom. The van der Waals surface area contributed by atoms with Crippen molar-refractivity contribution in [1.82, 2.24) is 10.2 Å². The molecule has 0 radical (unpaired) electrons. The summed E-state index contributed by atoms with van der Waals surface area (Å²) in [6.07, 6.45) is 3.96. The lowest BCUT2D eigenvalue weighted by molar-refractivity contribution is 0.125. The van der Waals surface area contributed by atoms with Crippen LogP contribution in [-0.4, -0.2) is 37.6 Å². The smallest absolute Gasteiger partial charge is 0.00614 e. The maximum atomic E-state index is 3.51. The molecule has 1 saturated heterocycles. The summed E-state index contributed by atoms with van der Waals surface area (Å²) in [5.74, 6) is 0. The standard InChI is InChI=1S/C12H26N2/c1-5-11(2)14(4)10-12(3)7-6-8-13-9-12/h11,13H,5-10H2,1-4H3. The quantitative estimate of drug-likeness (QED) is 0.744. The summed E-state index contributed by atoms with van der Waals surface area (Å²) in [6.45, 7) is 10.6. The van der Waals surface area contributed by atoms with E-state index in [0.717, 1.165) is 0 Å². The van der Waals surface area contributed by atoms with Crippen LogP contribution in [0.1, 0.15) is 40.0 Å². The van der Waals surface area contributed by atoms with Crippen molar-refractivity contribution in [2.75, 3.05) is 26.7 Å². The summed E-state index contributed by atoms with van der Waals surface area (Å²) in [5, 5.41) is 3.51. The van der Waals surface area contributed by atoms with Crippen LogP contribution in [0.2, 0.25) is 0 Å². The minimum absolute atomic E-state index is 0.496. The van der Waals surface area contributed by atoms with Crippen molar-refractivity contribution in [2.45, 2.75) is 46.1 Å².